The molecule has 0 heterocycles. The number of rotatable bonds is 26. The molecule has 6 N–H and O–H groups in total. The summed E-state index contributed by atoms with van der Waals surface area (Å²) in [4.78, 5) is 53.8. The molecule has 0 spiro atoms. The van der Waals surface area contributed by atoms with E-state index in [9.17, 15) is 29.4 Å². The Labute approximate surface area is 315 Å². The third-order valence-electron chi connectivity index (χ3n) is 9.32. The van der Waals surface area contributed by atoms with Gasteiger partial charge in [-0.15, -0.1) is 0 Å². The van der Waals surface area contributed by atoms with E-state index in [2.05, 4.69) is 21.3 Å². The fraction of sp³-hybridized carbons (Fsp3) is 0.650. The van der Waals surface area contributed by atoms with Crippen LogP contribution in [0.25, 0.3) is 10.8 Å². The van der Waals surface area contributed by atoms with Gasteiger partial charge < -0.3 is 45.7 Å². The normalized spacial score (nSPS) is 14.8. The van der Waals surface area contributed by atoms with Crippen molar-refractivity contribution in [2.45, 2.75) is 116 Å². The van der Waals surface area contributed by atoms with Gasteiger partial charge in [0.2, 0.25) is 17.7 Å². The fourth-order valence-electron chi connectivity index (χ4n) is 6.01. The molecule has 4 amide bonds. The van der Waals surface area contributed by atoms with Crippen LogP contribution in [0.3, 0.4) is 0 Å². The Morgan fingerprint density at radius 2 is 1.49 bits per heavy atom. The molecule has 2 aromatic carbocycles. The number of hydrogen-bond acceptors (Lipinski definition) is 9. The van der Waals surface area contributed by atoms with Gasteiger partial charge in [-0.25, -0.2) is 4.79 Å². The topological polar surface area (TPSA) is 185 Å². The summed E-state index contributed by atoms with van der Waals surface area (Å²) >= 11 is 0. The van der Waals surface area contributed by atoms with Crippen LogP contribution in [-0.4, -0.2) is 104 Å². The summed E-state index contributed by atoms with van der Waals surface area (Å²) in [6.45, 7) is 10.5. The van der Waals surface area contributed by atoms with E-state index in [-0.39, 0.29) is 44.5 Å². The Balaban J connectivity index is 2.28. The van der Waals surface area contributed by atoms with Crippen LogP contribution in [0.4, 0.5) is 4.79 Å². The molecular weight excluding hydrogens is 680 g/mol. The first kappa shape index (κ1) is 45.4. The van der Waals surface area contributed by atoms with Crippen molar-refractivity contribution in [3.05, 3.63) is 48.0 Å². The van der Waals surface area contributed by atoms with Crippen molar-refractivity contribution in [2.24, 2.45) is 11.8 Å². The number of benzene rings is 2. The number of alkyl carbamates (subject to hydrolysis) is 1. The smallest absolute Gasteiger partial charge is 0.407 e. The van der Waals surface area contributed by atoms with E-state index in [0.717, 1.165) is 35.6 Å². The standard InChI is InChI=1S/C40H64N4O9/c1-7-9-10-18-32(38(48)43-33(23-27(3)4)36(46)25-37(47)41-35(26-45)28(5)8-2)42-39(49)34(44-40(50)53-22-21-52-20-19-51-6)24-30-16-13-15-29-14-11-12-17-31(29)30/h11-17,27-28,32-36,45-46H,7-10,18-26H2,1-6H3,(H,41,47)(H,42,49)(H,43,48)(H,44,50)/t28?,32-,33?,34-,35+,36?/m0/s1. The number of ether oxygens (including phenoxy) is 3. The van der Waals surface area contributed by atoms with Crippen LogP contribution in [0.5, 0.6) is 0 Å². The van der Waals surface area contributed by atoms with Gasteiger partial charge in [0.25, 0.3) is 0 Å². The van der Waals surface area contributed by atoms with E-state index in [4.69, 9.17) is 14.2 Å². The van der Waals surface area contributed by atoms with Gasteiger partial charge in [-0.2, -0.15) is 0 Å². The highest BCUT2D eigenvalue weighted by Gasteiger charge is 2.32. The molecule has 298 valence electrons. The second-order valence-corrected chi connectivity index (χ2v) is 14.1. The summed E-state index contributed by atoms with van der Waals surface area (Å²) in [5.41, 5.74) is 0.827. The molecule has 0 radical (unpaired) electrons. The summed E-state index contributed by atoms with van der Waals surface area (Å²) in [6.07, 6.45) is 1.69. The van der Waals surface area contributed by atoms with E-state index in [1.54, 1.807) is 7.11 Å². The fourth-order valence-corrected chi connectivity index (χ4v) is 6.01. The summed E-state index contributed by atoms with van der Waals surface area (Å²) in [5.74, 6) is -1.37. The second kappa shape index (κ2) is 25.3. The SMILES string of the molecule is CCCCC[C@H](NC(=O)[C@H](Cc1cccc2ccccc12)NC(=O)OCCOCCOC)C(=O)NC(CC(C)C)C(O)CC(=O)N[C@H](CO)C(C)CC. The molecule has 0 aliphatic heterocycles. The molecule has 0 bridgehead atoms. The van der Waals surface area contributed by atoms with Gasteiger partial charge in [0.15, 0.2) is 0 Å². The maximum absolute atomic E-state index is 14.0. The van der Waals surface area contributed by atoms with Crippen LogP contribution in [0.2, 0.25) is 0 Å². The summed E-state index contributed by atoms with van der Waals surface area (Å²) < 4.78 is 15.6. The first-order valence-corrected chi connectivity index (χ1v) is 19.1. The Hall–Kier alpha value is -3.78. The Morgan fingerprint density at radius 1 is 0.792 bits per heavy atom. The highest BCUT2D eigenvalue weighted by molar-refractivity contribution is 5.92. The van der Waals surface area contributed by atoms with Gasteiger partial charge in [-0.3, -0.25) is 14.4 Å². The number of carbonyl (C=O) groups is 4. The summed E-state index contributed by atoms with van der Waals surface area (Å²) in [6, 6.07) is 10.2. The first-order chi connectivity index (χ1) is 25.4. The van der Waals surface area contributed by atoms with Crippen LogP contribution >= 0.6 is 0 Å². The van der Waals surface area contributed by atoms with Gasteiger partial charge in [0, 0.05) is 13.5 Å². The molecule has 53 heavy (non-hydrogen) atoms. The minimum absolute atomic E-state index is 0.0317. The quantitative estimate of drug-likeness (QED) is 0.0775. The highest BCUT2D eigenvalue weighted by atomic mass is 16.6. The number of aliphatic hydroxyl groups excluding tert-OH is 2. The first-order valence-electron chi connectivity index (χ1n) is 19.1. The zero-order valence-corrected chi connectivity index (χ0v) is 32.5. The Kier molecular flexibility index (Phi) is 21.6. The minimum atomic E-state index is -1.21. The molecule has 13 heteroatoms. The summed E-state index contributed by atoms with van der Waals surface area (Å²) in [5, 5.41) is 34.2. The van der Waals surface area contributed by atoms with Crippen LogP contribution in [-0.2, 0) is 35.0 Å². The van der Waals surface area contributed by atoms with Gasteiger partial charge in [-0.05, 0) is 41.0 Å². The largest absolute Gasteiger partial charge is 0.447 e. The number of fused-ring (bicyclic) bond motifs is 1. The van der Waals surface area contributed by atoms with Crippen LogP contribution < -0.4 is 21.3 Å². The number of methoxy groups -OCH3 is 1. The number of hydrogen-bond donors (Lipinski definition) is 6. The molecule has 0 aromatic heterocycles. The lowest BCUT2D eigenvalue weighted by atomic mass is 9.95. The molecule has 0 aliphatic rings. The zero-order chi connectivity index (χ0) is 39.2. The predicted octanol–water partition coefficient (Wildman–Crippen LogP) is 4.01. The highest BCUT2D eigenvalue weighted by Crippen LogP contribution is 2.20. The van der Waals surface area contributed by atoms with E-state index >= 15 is 0 Å². The predicted molar refractivity (Wildman–Crippen MR) is 205 cm³/mol. The number of amides is 4. The minimum Gasteiger partial charge on any atom is -0.447 e. The molecule has 6 atom stereocenters. The summed E-state index contributed by atoms with van der Waals surface area (Å²) in [7, 11) is 1.56. The number of unbranched alkanes of at least 4 members (excludes halogenated alkanes) is 2. The van der Waals surface area contributed by atoms with Crippen molar-refractivity contribution < 1.29 is 43.6 Å². The van der Waals surface area contributed by atoms with E-state index in [1.165, 1.54) is 0 Å². The third kappa shape index (κ3) is 16.8. The van der Waals surface area contributed by atoms with Gasteiger partial charge in [0.05, 0.1) is 51.0 Å². The average Bonchev–Trinajstić information content (AvgIpc) is 3.13. The number of nitrogens with one attached hydrogen (secondary N) is 4. The van der Waals surface area contributed by atoms with Crippen molar-refractivity contribution in [2.75, 3.05) is 40.1 Å². The third-order valence-corrected chi connectivity index (χ3v) is 9.32. The number of aliphatic hydroxyl groups is 2. The molecular formula is C40H64N4O9. The molecule has 13 nitrogen and oxygen atoms in total. The number of carbonyl (C=O) groups excluding carboxylic acids is 4. The molecule has 0 aliphatic carbocycles. The molecule has 0 saturated carbocycles. The lowest BCUT2D eigenvalue weighted by Gasteiger charge is -2.29. The lowest BCUT2D eigenvalue weighted by molar-refractivity contribution is -0.131. The maximum atomic E-state index is 14.0. The molecule has 2 rings (SSSR count). The average molecular weight is 745 g/mol. The zero-order valence-electron chi connectivity index (χ0n) is 32.5. The van der Waals surface area contributed by atoms with Crippen LogP contribution in [0, 0.1) is 11.8 Å². The Bertz CT molecular complexity index is 1390. The second-order valence-electron chi connectivity index (χ2n) is 14.1. The lowest BCUT2D eigenvalue weighted by Crippen LogP contribution is -2.57. The molecule has 0 fully saturated rings. The maximum Gasteiger partial charge on any atom is 0.407 e. The molecule has 2 aromatic rings. The van der Waals surface area contributed by atoms with Crippen molar-refractivity contribution >= 4 is 34.6 Å². The van der Waals surface area contributed by atoms with E-state index in [1.807, 2.05) is 77.1 Å². The van der Waals surface area contributed by atoms with Crippen molar-refractivity contribution in [3.8, 4) is 0 Å². The van der Waals surface area contributed by atoms with Crippen LogP contribution in [0.15, 0.2) is 42.5 Å². The van der Waals surface area contributed by atoms with Gasteiger partial charge in [-0.1, -0.05) is 103 Å². The van der Waals surface area contributed by atoms with Crippen molar-refractivity contribution in [1.82, 2.24) is 21.3 Å². The molecule has 3 unspecified atom stereocenters. The monoisotopic (exact) mass is 744 g/mol. The van der Waals surface area contributed by atoms with Crippen molar-refractivity contribution in [3.63, 3.8) is 0 Å². The van der Waals surface area contributed by atoms with Gasteiger partial charge in [0.1, 0.15) is 18.7 Å². The van der Waals surface area contributed by atoms with E-state index in [0.29, 0.717) is 32.5 Å². The molecule has 0 saturated heterocycles. The van der Waals surface area contributed by atoms with Gasteiger partial charge >= 0.3 is 6.09 Å². The van der Waals surface area contributed by atoms with Crippen molar-refractivity contribution in [1.29, 1.82) is 0 Å². The van der Waals surface area contributed by atoms with Crippen LogP contribution in [0.1, 0.15) is 85.1 Å². The van der Waals surface area contributed by atoms with E-state index < -0.39 is 54.1 Å². The Morgan fingerprint density at radius 3 is 2.17 bits per heavy atom.